The minimum absolute atomic E-state index is 0.108. The standard InChI is InChI=1S/C24H32N6O/c1-29(2)14-8-13-23(31)30(3)22-12-7-11-21(15-22)28-24(26)20(16-25)18-27-17-19-9-5-4-6-10-19/h4-13,15-16,27H,14,17-18,25H2,1-3H3,(H2,26,28)/b13-8+,20-16-. The highest BCUT2D eigenvalue weighted by atomic mass is 16.2. The van der Waals surface area contributed by atoms with E-state index < -0.39 is 0 Å². The van der Waals surface area contributed by atoms with Gasteiger partial charge in [0.05, 0.1) is 5.69 Å². The van der Waals surface area contributed by atoms with Crippen molar-refractivity contribution in [3.8, 4) is 0 Å². The van der Waals surface area contributed by atoms with Crippen molar-refractivity contribution >= 4 is 23.1 Å². The van der Waals surface area contributed by atoms with Gasteiger partial charge in [0.1, 0.15) is 5.84 Å². The van der Waals surface area contributed by atoms with Crippen molar-refractivity contribution in [3.05, 3.63) is 84.1 Å². The molecule has 0 atom stereocenters. The van der Waals surface area contributed by atoms with Gasteiger partial charge in [0.25, 0.3) is 0 Å². The third-order valence-corrected chi connectivity index (χ3v) is 4.55. The van der Waals surface area contributed by atoms with Gasteiger partial charge in [-0.05, 0) is 37.9 Å². The van der Waals surface area contributed by atoms with Gasteiger partial charge in [-0.15, -0.1) is 0 Å². The zero-order valence-corrected chi connectivity index (χ0v) is 18.5. The zero-order valence-electron chi connectivity index (χ0n) is 18.5. The molecule has 0 aromatic heterocycles. The van der Waals surface area contributed by atoms with Crippen LogP contribution >= 0.6 is 0 Å². The molecule has 0 aliphatic carbocycles. The van der Waals surface area contributed by atoms with Gasteiger partial charge >= 0.3 is 0 Å². The van der Waals surface area contributed by atoms with Crippen molar-refractivity contribution in [2.24, 2.45) is 16.5 Å². The van der Waals surface area contributed by atoms with Gasteiger partial charge in [0.15, 0.2) is 0 Å². The highest BCUT2D eigenvalue weighted by Gasteiger charge is 2.09. The first kappa shape index (κ1) is 23.9. The second-order valence-corrected chi connectivity index (χ2v) is 7.36. The molecule has 0 spiro atoms. The summed E-state index contributed by atoms with van der Waals surface area (Å²) >= 11 is 0. The lowest BCUT2D eigenvalue weighted by Gasteiger charge is -2.16. The summed E-state index contributed by atoms with van der Waals surface area (Å²) in [4.78, 5) is 20.4. The number of hydrogen-bond donors (Lipinski definition) is 3. The van der Waals surface area contributed by atoms with Crippen LogP contribution in [0.25, 0.3) is 0 Å². The molecule has 0 unspecified atom stereocenters. The Bertz CT molecular complexity index is 934. The van der Waals surface area contributed by atoms with Crippen molar-refractivity contribution < 1.29 is 4.79 Å². The van der Waals surface area contributed by atoms with E-state index in [0.717, 1.165) is 5.69 Å². The molecular formula is C24H32N6O. The molecular weight excluding hydrogens is 388 g/mol. The second-order valence-electron chi connectivity index (χ2n) is 7.36. The van der Waals surface area contributed by atoms with Crippen LogP contribution in [0.3, 0.4) is 0 Å². The molecule has 0 saturated carbocycles. The van der Waals surface area contributed by atoms with Crippen molar-refractivity contribution in [2.75, 3.05) is 39.1 Å². The Kier molecular flexibility index (Phi) is 9.48. The van der Waals surface area contributed by atoms with Gasteiger partial charge in [-0.2, -0.15) is 0 Å². The minimum atomic E-state index is -0.108. The van der Waals surface area contributed by atoms with E-state index in [9.17, 15) is 4.79 Å². The van der Waals surface area contributed by atoms with Gasteiger partial charge in [0.2, 0.25) is 5.91 Å². The van der Waals surface area contributed by atoms with Gasteiger partial charge in [-0.25, -0.2) is 4.99 Å². The van der Waals surface area contributed by atoms with Crippen LogP contribution in [0.1, 0.15) is 5.56 Å². The number of rotatable bonds is 10. The summed E-state index contributed by atoms with van der Waals surface area (Å²) in [5.41, 5.74) is 15.2. The highest BCUT2D eigenvalue weighted by Crippen LogP contribution is 2.21. The Morgan fingerprint density at radius 2 is 1.84 bits per heavy atom. The molecule has 0 heterocycles. The number of carbonyl (C=O) groups is 1. The highest BCUT2D eigenvalue weighted by molar-refractivity contribution is 6.02. The maximum absolute atomic E-state index is 12.4. The van der Waals surface area contributed by atoms with Crippen molar-refractivity contribution in [1.29, 1.82) is 0 Å². The predicted molar refractivity (Wildman–Crippen MR) is 129 cm³/mol. The Balaban J connectivity index is 2.02. The number of nitrogens with zero attached hydrogens (tertiary/aromatic N) is 3. The molecule has 0 aliphatic heterocycles. The maximum atomic E-state index is 12.4. The summed E-state index contributed by atoms with van der Waals surface area (Å²) < 4.78 is 0. The molecule has 0 fully saturated rings. The lowest BCUT2D eigenvalue weighted by atomic mass is 10.2. The Hall–Kier alpha value is -3.42. The number of nitrogens with two attached hydrogens (primary N) is 2. The van der Waals surface area contributed by atoms with E-state index in [4.69, 9.17) is 11.5 Å². The molecule has 0 bridgehead atoms. The van der Waals surface area contributed by atoms with Crippen LogP contribution in [-0.4, -0.2) is 50.9 Å². The number of anilines is 1. The van der Waals surface area contributed by atoms with E-state index in [-0.39, 0.29) is 5.91 Å². The fourth-order valence-corrected chi connectivity index (χ4v) is 2.76. The van der Waals surface area contributed by atoms with Crippen LogP contribution in [0, 0.1) is 0 Å². The zero-order chi connectivity index (χ0) is 22.6. The summed E-state index contributed by atoms with van der Waals surface area (Å²) in [7, 11) is 5.63. The number of aliphatic imine (C=N–C) groups is 1. The molecule has 0 saturated heterocycles. The number of amidine groups is 1. The number of likely N-dealkylation sites (N-methyl/N-ethyl adjacent to an activating group) is 2. The third-order valence-electron chi connectivity index (χ3n) is 4.55. The first-order chi connectivity index (χ1) is 14.9. The molecule has 164 valence electrons. The average molecular weight is 421 g/mol. The Morgan fingerprint density at radius 3 is 2.52 bits per heavy atom. The van der Waals surface area contributed by atoms with E-state index in [1.807, 2.05) is 67.5 Å². The molecule has 1 amide bonds. The summed E-state index contributed by atoms with van der Waals surface area (Å²) in [5.74, 6) is 0.226. The Morgan fingerprint density at radius 1 is 1.10 bits per heavy atom. The SMILES string of the molecule is CN(C)C/C=C/C(=O)N(C)c1cccc(N=C(N)/C(=C\N)CNCc2ccccc2)c1. The van der Waals surface area contributed by atoms with Crippen LogP contribution in [0.5, 0.6) is 0 Å². The molecule has 5 N–H and O–H groups in total. The quantitative estimate of drug-likeness (QED) is 0.311. The second kappa shape index (κ2) is 12.3. The molecule has 7 heteroatoms. The van der Waals surface area contributed by atoms with Crippen molar-refractivity contribution in [3.63, 3.8) is 0 Å². The van der Waals surface area contributed by atoms with Crippen LogP contribution in [0.15, 0.2) is 83.5 Å². The normalized spacial score (nSPS) is 12.5. The topological polar surface area (TPSA) is 100.0 Å². The molecule has 0 aliphatic rings. The van der Waals surface area contributed by atoms with E-state index in [1.54, 1.807) is 18.0 Å². The van der Waals surface area contributed by atoms with Crippen LogP contribution in [0.4, 0.5) is 11.4 Å². The summed E-state index contributed by atoms with van der Waals surface area (Å²) in [6.07, 6.45) is 4.86. The van der Waals surface area contributed by atoms with Gasteiger partial charge in [0, 0.05) is 50.2 Å². The smallest absolute Gasteiger partial charge is 0.250 e. The predicted octanol–water partition coefficient (Wildman–Crippen LogP) is 2.39. The molecule has 0 radical (unpaired) electrons. The minimum Gasteiger partial charge on any atom is -0.404 e. The summed E-state index contributed by atoms with van der Waals surface area (Å²) in [5, 5.41) is 3.32. The number of nitrogens with one attached hydrogen (secondary N) is 1. The van der Waals surface area contributed by atoms with Crippen molar-refractivity contribution in [1.82, 2.24) is 10.2 Å². The monoisotopic (exact) mass is 420 g/mol. The van der Waals surface area contributed by atoms with E-state index in [0.29, 0.717) is 36.7 Å². The summed E-state index contributed by atoms with van der Waals surface area (Å²) in [6, 6.07) is 17.4. The van der Waals surface area contributed by atoms with E-state index in [2.05, 4.69) is 22.4 Å². The fourth-order valence-electron chi connectivity index (χ4n) is 2.76. The van der Waals surface area contributed by atoms with Crippen LogP contribution in [-0.2, 0) is 11.3 Å². The lowest BCUT2D eigenvalue weighted by Crippen LogP contribution is -2.26. The van der Waals surface area contributed by atoms with Gasteiger partial charge < -0.3 is 26.6 Å². The lowest BCUT2D eigenvalue weighted by molar-refractivity contribution is -0.113. The first-order valence-corrected chi connectivity index (χ1v) is 10.1. The third kappa shape index (κ3) is 8.08. The van der Waals surface area contributed by atoms with E-state index >= 15 is 0 Å². The van der Waals surface area contributed by atoms with E-state index in [1.165, 1.54) is 11.8 Å². The summed E-state index contributed by atoms with van der Waals surface area (Å²) in [6.45, 7) is 1.90. The van der Waals surface area contributed by atoms with Crippen LogP contribution < -0.4 is 21.7 Å². The number of carbonyl (C=O) groups excluding carboxylic acids is 1. The number of benzene rings is 2. The maximum Gasteiger partial charge on any atom is 0.250 e. The molecule has 2 aromatic carbocycles. The van der Waals surface area contributed by atoms with Crippen molar-refractivity contribution in [2.45, 2.75) is 6.54 Å². The fraction of sp³-hybridized carbons (Fsp3) is 0.250. The largest absolute Gasteiger partial charge is 0.404 e. The number of amides is 1. The average Bonchev–Trinajstić information content (AvgIpc) is 2.76. The van der Waals surface area contributed by atoms with Gasteiger partial charge in [-0.1, -0.05) is 42.5 Å². The Labute approximate surface area is 184 Å². The van der Waals surface area contributed by atoms with Crippen LogP contribution in [0.2, 0.25) is 0 Å². The number of hydrogen-bond acceptors (Lipinski definition) is 5. The molecule has 31 heavy (non-hydrogen) atoms. The molecule has 7 nitrogen and oxygen atoms in total. The first-order valence-electron chi connectivity index (χ1n) is 10.1. The molecule has 2 aromatic rings. The molecule has 2 rings (SSSR count). The van der Waals surface area contributed by atoms with Gasteiger partial charge in [-0.3, -0.25) is 4.79 Å².